The second-order valence-corrected chi connectivity index (χ2v) is 3.94. The Bertz CT molecular complexity index is 500. The van der Waals surface area contributed by atoms with E-state index in [0.717, 1.165) is 0 Å². The number of alkyl halides is 1. The average Bonchev–Trinajstić information content (AvgIpc) is 2.77. The molecule has 0 saturated carbocycles. The molecule has 0 spiro atoms. The quantitative estimate of drug-likeness (QED) is 0.615. The van der Waals surface area contributed by atoms with Crippen LogP contribution in [0.1, 0.15) is 21.9 Å². The summed E-state index contributed by atoms with van der Waals surface area (Å²) in [6.07, 6.45) is 0. The van der Waals surface area contributed by atoms with Crippen molar-refractivity contribution in [3.8, 4) is 0 Å². The molecule has 4 heteroatoms. The number of benzene rings is 1. The van der Waals surface area contributed by atoms with Crippen LogP contribution < -0.4 is 0 Å². The van der Waals surface area contributed by atoms with E-state index in [1.54, 1.807) is 36.4 Å². The van der Waals surface area contributed by atoms with E-state index in [1.807, 2.05) is 0 Å². The molecular weight excluding hydrogens is 247 g/mol. The Labute approximate surface area is 103 Å². The van der Waals surface area contributed by atoms with Gasteiger partial charge in [0.2, 0.25) is 5.78 Å². The number of hydrogen-bond acceptors (Lipinski definition) is 2. The maximum Gasteiger partial charge on any atom is 0.228 e. The lowest BCUT2D eigenvalue weighted by Gasteiger charge is -1.97. The molecule has 16 heavy (non-hydrogen) atoms. The zero-order valence-electron chi connectivity index (χ0n) is 8.24. The Morgan fingerprint density at radius 3 is 2.38 bits per heavy atom. The highest BCUT2D eigenvalue weighted by Crippen LogP contribution is 2.16. The van der Waals surface area contributed by atoms with E-state index in [0.29, 0.717) is 16.3 Å². The van der Waals surface area contributed by atoms with Crippen molar-refractivity contribution in [3.05, 3.63) is 58.5 Å². The van der Waals surface area contributed by atoms with Gasteiger partial charge in [-0.3, -0.25) is 4.79 Å². The number of rotatable bonds is 3. The summed E-state index contributed by atoms with van der Waals surface area (Å²) in [7, 11) is 0. The third kappa shape index (κ3) is 2.29. The minimum absolute atomic E-state index is 0.173. The van der Waals surface area contributed by atoms with E-state index in [1.165, 1.54) is 0 Å². The summed E-state index contributed by atoms with van der Waals surface area (Å²) >= 11 is 11.3. The van der Waals surface area contributed by atoms with Gasteiger partial charge in [0.15, 0.2) is 5.76 Å². The molecule has 0 amide bonds. The molecule has 0 aliphatic heterocycles. The third-order valence-electron chi connectivity index (χ3n) is 2.12. The molecule has 0 radical (unpaired) electrons. The Kier molecular flexibility index (Phi) is 3.32. The Morgan fingerprint density at radius 2 is 1.81 bits per heavy atom. The van der Waals surface area contributed by atoms with Gasteiger partial charge < -0.3 is 4.42 Å². The summed E-state index contributed by atoms with van der Waals surface area (Å²) in [4.78, 5) is 11.9. The fraction of sp³-hybridized carbons (Fsp3) is 0.0833. The first-order valence-electron chi connectivity index (χ1n) is 4.65. The van der Waals surface area contributed by atoms with E-state index < -0.39 is 0 Å². The molecular formula is C12H8Cl2O2. The van der Waals surface area contributed by atoms with Gasteiger partial charge in [-0.05, 0) is 36.4 Å². The highest BCUT2D eigenvalue weighted by atomic mass is 35.5. The number of furan rings is 1. The molecule has 82 valence electrons. The normalized spacial score (nSPS) is 10.4. The monoisotopic (exact) mass is 254 g/mol. The Morgan fingerprint density at radius 1 is 1.12 bits per heavy atom. The van der Waals surface area contributed by atoms with Gasteiger partial charge in [0.05, 0.1) is 5.88 Å². The summed E-state index contributed by atoms with van der Waals surface area (Å²) in [6.45, 7) is 0. The van der Waals surface area contributed by atoms with Gasteiger partial charge in [-0.1, -0.05) is 11.6 Å². The molecule has 2 nitrogen and oxygen atoms in total. The highest BCUT2D eigenvalue weighted by Gasteiger charge is 2.13. The summed E-state index contributed by atoms with van der Waals surface area (Å²) in [6, 6.07) is 9.96. The van der Waals surface area contributed by atoms with Crippen molar-refractivity contribution in [2.45, 2.75) is 5.88 Å². The molecule has 0 fully saturated rings. The van der Waals surface area contributed by atoms with Gasteiger partial charge in [-0.25, -0.2) is 0 Å². The van der Waals surface area contributed by atoms with E-state index in [2.05, 4.69) is 0 Å². The number of carbonyl (C=O) groups excluding carboxylic acids is 1. The maximum absolute atomic E-state index is 11.9. The lowest BCUT2D eigenvalue weighted by Crippen LogP contribution is -1.98. The fourth-order valence-corrected chi connectivity index (χ4v) is 1.58. The van der Waals surface area contributed by atoms with Crippen LogP contribution in [0.15, 0.2) is 40.8 Å². The summed E-state index contributed by atoms with van der Waals surface area (Å²) in [5.74, 6) is 0.957. The summed E-state index contributed by atoms with van der Waals surface area (Å²) < 4.78 is 5.26. The third-order valence-corrected chi connectivity index (χ3v) is 2.64. The van der Waals surface area contributed by atoms with Crippen LogP contribution in [-0.2, 0) is 5.88 Å². The van der Waals surface area contributed by atoms with Crippen molar-refractivity contribution in [1.82, 2.24) is 0 Å². The van der Waals surface area contributed by atoms with Crippen LogP contribution in [-0.4, -0.2) is 5.78 Å². The lowest BCUT2D eigenvalue weighted by atomic mass is 10.1. The molecule has 2 aromatic rings. The smallest absolute Gasteiger partial charge is 0.228 e. The number of halogens is 2. The standard InChI is InChI=1S/C12H8Cl2O2/c13-7-10-5-6-11(16-10)12(15)8-1-3-9(14)4-2-8/h1-6H,7H2. The van der Waals surface area contributed by atoms with Crippen molar-refractivity contribution >= 4 is 29.0 Å². The summed E-state index contributed by atoms with van der Waals surface area (Å²) in [5.41, 5.74) is 0.542. The first-order chi connectivity index (χ1) is 7.70. The predicted octanol–water partition coefficient (Wildman–Crippen LogP) is 3.90. The van der Waals surface area contributed by atoms with Gasteiger partial charge in [-0.15, -0.1) is 11.6 Å². The molecule has 0 atom stereocenters. The molecule has 0 aliphatic carbocycles. The first-order valence-corrected chi connectivity index (χ1v) is 5.57. The molecule has 0 N–H and O–H groups in total. The van der Waals surface area contributed by atoms with E-state index in [-0.39, 0.29) is 17.4 Å². The molecule has 1 aromatic carbocycles. The second kappa shape index (κ2) is 4.73. The van der Waals surface area contributed by atoms with Crippen molar-refractivity contribution in [1.29, 1.82) is 0 Å². The van der Waals surface area contributed by atoms with E-state index in [9.17, 15) is 4.79 Å². The lowest BCUT2D eigenvalue weighted by molar-refractivity contribution is 0.101. The SMILES string of the molecule is O=C(c1ccc(Cl)cc1)c1ccc(CCl)o1. The van der Waals surface area contributed by atoms with Crippen LogP contribution in [0, 0.1) is 0 Å². The fourth-order valence-electron chi connectivity index (χ4n) is 1.32. The van der Waals surface area contributed by atoms with Crippen LogP contribution in [0.4, 0.5) is 0 Å². The minimum atomic E-state index is -0.173. The molecule has 0 bridgehead atoms. The zero-order valence-corrected chi connectivity index (χ0v) is 9.76. The van der Waals surface area contributed by atoms with Crippen LogP contribution >= 0.6 is 23.2 Å². The molecule has 0 saturated heterocycles. The van der Waals surface area contributed by atoms with Crippen LogP contribution in [0.2, 0.25) is 5.02 Å². The topological polar surface area (TPSA) is 30.2 Å². The van der Waals surface area contributed by atoms with E-state index in [4.69, 9.17) is 27.6 Å². The zero-order chi connectivity index (χ0) is 11.5. The molecule has 0 unspecified atom stereocenters. The van der Waals surface area contributed by atoms with Crippen molar-refractivity contribution in [2.24, 2.45) is 0 Å². The first kappa shape index (κ1) is 11.2. The number of ketones is 1. The molecule has 1 aromatic heterocycles. The van der Waals surface area contributed by atoms with Gasteiger partial charge in [0.1, 0.15) is 5.76 Å². The van der Waals surface area contributed by atoms with Crippen molar-refractivity contribution < 1.29 is 9.21 Å². The summed E-state index contributed by atoms with van der Waals surface area (Å²) in [5, 5.41) is 0.595. The highest BCUT2D eigenvalue weighted by molar-refractivity contribution is 6.30. The largest absolute Gasteiger partial charge is 0.456 e. The van der Waals surface area contributed by atoms with E-state index >= 15 is 0 Å². The van der Waals surface area contributed by atoms with Crippen LogP contribution in [0.3, 0.4) is 0 Å². The molecule has 1 heterocycles. The van der Waals surface area contributed by atoms with Gasteiger partial charge in [0, 0.05) is 10.6 Å². The maximum atomic E-state index is 11.9. The number of carbonyl (C=O) groups is 1. The minimum Gasteiger partial charge on any atom is -0.456 e. The molecule has 0 aliphatic rings. The Balaban J connectivity index is 2.28. The predicted molar refractivity (Wildman–Crippen MR) is 63.1 cm³/mol. The molecule has 2 rings (SSSR count). The van der Waals surface area contributed by atoms with Gasteiger partial charge in [-0.2, -0.15) is 0 Å². The average molecular weight is 255 g/mol. The Hall–Kier alpha value is -1.25. The van der Waals surface area contributed by atoms with Crippen LogP contribution in [0.5, 0.6) is 0 Å². The van der Waals surface area contributed by atoms with Gasteiger partial charge in [0.25, 0.3) is 0 Å². The van der Waals surface area contributed by atoms with Crippen molar-refractivity contribution in [3.63, 3.8) is 0 Å². The second-order valence-electron chi connectivity index (χ2n) is 3.24. The number of hydrogen-bond donors (Lipinski definition) is 0. The van der Waals surface area contributed by atoms with Gasteiger partial charge >= 0.3 is 0 Å². The van der Waals surface area contributed by atoms with Crippen LogP contribution in [0.25, 0.3) is 0 Å². The van der Waals surface area contributed by atoms with Crippen molar-refractivity contribution in [2.75, 3.05) is 0 Å².